The molecule has 2 saturated carbocycles. The lowest BCUT2D eigenvalue weighted by atomic mass is 9.85. The standard InChI is InChI=1S/2C9H8O3/c2*10-8-6-4-1-2-5(3-4)7(6)9(11)12-8/h2*1-2,4-7H,3H2/t4?,5?,6-,7?;4?,5?,6-,7+/m1./s1. The van der Waals surface area contributed by atoms with E-state index in [0.717, 1.165) is 12.8 Å². The van der Waals surface area contributed by atoms with Crippen molar-refractivity contribution in [2.75, 3.05) is 0 Å². The van der Waals surface area contributed by atoms with Crippen LogP contribution < -0.4 is 0 Å². The van der Waals surface area contributed by atoms with Gasteiger partial charge in [0.15, 0.2) is 0 Å². The molecule has 4 bridgehead atoms. The van der Waals surface area contributed by atoms with Gasteiger partial charge in [-0.2, -0.15) is 0 Å². The van der Waals surface area contributed by atoms with Crippen LogP contribution in [0, 0.1) is 47.3 Å². The summed E-state index contributed by atoms with van der Waals surface area (Å²) in [4.78, 5) is 44.7. The van der Waals surface area contributed by atoms with E-state index >= 15 is 0 Å². The van der Waals surface area contributed by atoms with Gasteiger partial charge in [0, 0.05) is 0 Å². The molecule has 2 aliphatic heterocycles. The number of carbonyl (C=O) groups excluding carboxylic acids is 4. The van der Waals surface area contributed by atoms with E-state index in [1.54, 1.807) is 0 Å². The third-order valence-corrected chi connectivity index (χ3v) is 6.41. The summed E-state index contributed by atoms with van der Waals surface area (Å²) in [6, 6.07) is 0. The second kappa shape index (κ2) is 4.65. The van der Waals surface area contributed by atoms with Crippen LogP contribution in [0.4, 0.5) is 0 Å². The van der Waals surface area contributed by atoms with Crippen molar-refractivity contribution in [3.8, 4) is 0 Å². The van der Waals surface area contributed by atoms with E-state index in [9.17, 15) is 19.2 Å². The maximum Gasteiger partial charge on any atom is 0.318 e. The largest absolute Gasteiger partial charge is 0.393 e. The second-order valence-electron chi connectivity index (χ2n) is 7.48. The zero-order valence-corrected chi connectivity index (χ0v) is 12.8. The van der Waals surface area contributed by atoms with Crippen LogP contribution in [-0.2, 0) is 28.7 Å². The number of ether oxygens (including phenoxy) is 2. The summed E-state index contributed by atoms with van der Waals surface area (Å²) in [5, 5.41) is 0. The average molecular weight is 328 g/mol. The van der Waals surface area contributed by atoms with E-state index in [0.29, 0.717) is 0 Å². The van der Waals surface area contributed by atoms with Gasteiger partial charge >= 0.3 is 23.9 Å². The SMILES string of the molecule is O=C1OC(=O)[C@@H]2C3C=CC(C3)C12.O=C1OC(=O)[C@H]2C3C=CC(C3)[C@@H]12. The van der Waals surface area contributed by atoms with Gasteiger partial charge < -0.3 is 9.47 Å². The number of cyclic esters (lactones) is 4. The van der Waals surface area contributed by atoms with Gasteiger partial charge in [-0.05, 0) is 36.5 Å². The Morgan fingerprint density at radius 2 is 0.792 bits per heavy atom. The molecule has 6 rings (SSSR count). The Morgan fingerprint density at radius 3 is 1.04 bits per heavy atom. The zero-order valence-electron chi connectivity index (χ0n) is 12.8. The molecule has 0 radical (unpaired) electrons. The summed E-state index contributed by atoms with van der Waals surface area (Å²) in [6.45, 7) is 0. The van der Waals surface area contributed by atoms with E-state index < -0.39 is 0 Å². The number of fused-ring (bicyclic) bond motifs is 10. The van der Waals surface area contributed by atoms with Crippen LogP contribution in [0.5, 0.6) is 0 Å². The Labute approximate surface area is 137 Å². The van der Waals surface area contributed by atoms with E-state index in [-0.39, 0.29) is 71.2 Å². The van der Waals surface area contributed by atoms with E-state index in [1.165, 1.54) is 0 Å². The zero-order chi connectivity index (χ0) is 16.6. The molecular formula is C18H16O6. The number of carbonyl (C=O) groups is 4. The maximum atomic E-state index is 11.2. The van der Waals surface area contributed by atoms with E-state index in [4.69, 9.17) is 0 Å². The Morgan fingerprint density at radius 1 is 0.542 bits per heavy atom. The fourth-order valence-electron chi connectivity index (χ4n) is 5.40. The van der Waals surface area contributed by atoms with Crippen LogP contribution in [0.3, 0.4) is 0 Å². The van der Waals surface area contributed by atoms with Crippen LogP contribution in [0.2, 0.25) is 0 Å². The first kappa shape index (κ1) is 14.1. The minimum Gasteiger partial charge on any atom is -0.393 e. The molecule has 8 atom stereocenters. The van der Waals surface area contributed by atoms with Gasteiger partial charge in [-0.15, -0.1) is 0 Å². The molecule has 0 spiro atoms. The summed E-state index contributed by atoms with van der Waals surface area (Å²) in [6.07, 6.45) is 10.1. The van der Waals surface area contributed by atoms with Gasteiger partial charge in [0.1, 0.15) is 0 Å². The van der Waals surface area contributed by atoms with Crippen molar-refractivity contribution in [2.24, 2.45) is 47.3 Å². The molecule has 0 N–H and O–H groups in total. The lowest BCUT2D eigenvalue weighted by molar-refractivity contribution is -0.156. The second-order valence-corrected chi connectivity index (χ2v) is 7.48. The number of hydrogen-bond donors (Lipinski definition) is 0. The molecule has 6 heteroatoms. The molecule has 5 unspecified atom stereocenters. The summed E-state index contributed by atoms with van der Waals surface area (Å²) in [5.74, 6) is -0.691. The maximum absolute atomic E-state index is 11.2. The lowest BCUT2D eigenvalue weighted by Gasteiger charge is -2.12. The Balaban J connectivity index is 0.000000109. The first-order valence-corrected chi connectivity index (χ1v) is 8.42. The van der Waals surface area contributed by atoms with Gasteiger partial charge in [0.25, 0.3) is 0 Å². The smallest absolute Gasteiger partial charge is 0.318 e. The average Bonchev–Trinajstić information content (AvgIpc) is 3.34. The third-order valence-electron chi connectivity index (χ3n) is 6.41. The van der Waals surface area contributed by atoms with Gasteiger partial charge in [-0.1, -0.05) is 24.3 Å². The summed E-state index contributed by atoms with van der Waals surface area (Å²) in [7, 11) is 0. The highest BCUT2D eigenvalue weighted by atomic mass is 16.6. The number of rotatable bonds is 0. The van der Waals surface area contributed by atoms with Crippen molar-refractivity contribution in [2.45, 2.75) is 12.8 Å². The first-order valence-electron chi connectivity index (χ1n) is 8.42. The molecule has 6 nitrogen and oxygen atoms in total. The number of allylic oxidation sites excluding steroid dienone is 4. The van der Waals surface area contributed by atoms with Crippen LogP contribution in [0.15, 0.2) is 24.3 Å². The van der Waals surface area contributed by atoms with Crippen molar-refractivity contribution >= 4 is 23.9 Å². The Kier molecular flexibility index (Phi) is 2.74. The van der Waals surface area contributed by atoms with Gasteiger partial charge in [0.2, 0.25) is 0 Å². The minimum atomic E-state index is -0.304. The predicted octanol–water partition coefficient (Wildman–Crippen LogP) is 1.02. The molecular weight excluding hydrogens is 312 g/mol. The highest BCUT2D eigenvalue weighted by Crippen LogP contribution is 2.52. The monoisotopic (exact) mass is 328 g/mol. The predicted molar refractivity (Wildman–Crippen MR) is 77.6 cm³/mol. The molecule has 0 aromatic rings. The molecule has 4 aliphatic carbocycles. The van der Waals surface area contributed by atoms with Gasteiger partial charge in [-0.25, -0.2) is 0 Å². The summed E-state index contributed by atoms with van der Waals surface area (Å²) >= 11 is 0. The molecule has 0 amide bonds. The quantitative estimate of drug-likeness (QED) is 0.375. The van der Waals surface area contributed by atoms with Crippen molar-refractivity contribution in [1.29, 1.82) is 0 Å². The van der Waals surface area contributed by atoms with Crippen LogP contribution >= 0.6 is 0 Å². The number of esters is 4. The summed E-state index contributed by atoms with van der Waals surface area (Å²) < 4.78 is 9.18. The molecule has 0 aromatic carbocycles. The van der Waals surface area contributed by atoms with Crippen molar-refractivity contribution in [3.63, 3.8) is 0 Å². The van der Waals surface area contributed by atoms with Crippen molar-refractivity contribution in [1.82, 2.24) is 0 Å². The molecule has 2 saturated heterocycles. The Bertz CT molecular complexity index is 616. The highest BCUT2D eigenvalue weighted by molar-refractivity contribution is 5.98. The minimum absolute atomic E-state index is 0.146. The molecule has 24 heavy (non-hydrogen) atoms. The third kappa shape index (κ3) is 1.71. The molecule has 0 aromatic heterocycles. The molecule has 124 valence electrons. The fourth-order valence-corrected chi connectivity index (χ4v) is 5.40. The van der Waals surface area contributed by atoms with Gasteiger partial charge in [-0.3, -0.25) is 19.2 Å². The van der Waals surface area contributed by atoms with E-state index in [2.05, 4.69) is 9.47 Å². The number of hydrogen-bond acceptors (Lipinski definition) is 6. The fraction of sp³-hybridized carbons (Fsp3) is 0.556. The molecule has 2 heterocycles. The molecule has 6 aliphatic rings. The summed E-state index contributed by atoms with van der Waals surface area (Å²) in [5.41, 5.74) is 0. The van der Waals surface area contributed by atoms with Gasteiger partial charge in [0.05, 0.1) is 23.7 Å². The normalized spacial score (nSPS) is 48.3. The van der Waals surface area contributed by atoms with Crippen molar-refractivity contribution in [3.05, 3.63) is 24.3 Å². The first-order chi connectivity index (χ1) is 11.5. The van der Waals surface area contributed by atoms with Crippen LogP contribution in [0.1, 0.15) is 12.8 Å². The topological polar surface area (TPSA) is 86.7 Å². The van der Waals surface area contributed by atoms with Crippen LogP contribution in [-0.4, -0.2) is 23.9 Å². The van der Waals surface area contributed by atoms with E-state index in [1.807, 2.05) is 24.3 Å². The molecule has 4 fully saturated rings. The highest BCUT2D eigenvalue weighted by Gasteiger charge is 2.58. The van der Waals surface area contributed by atoms with Crippen LogP contribution in [0.25, 0.3) is 0 Å². The van der Waals surface area contributed by atoms with Crippen molar-refractivity contribution < 1.29 is 28.7 Å². The lowest BCUT2D eigenvalue weighted by Crippen LogP contribution is -2.21. The Hall–Kier alpha value is -2.24.